The average Bonchev–Trinajstić information content (AvgIpc) is 2.04. The van der Waals surface area contributed by atoms with Crippen LogP contribution in [0.3, 0.4) is 0 Å². The maximum atomic E-state index is 10.7. The Kier molecular flexibility index (Phi) is 2.84. The van der Waals surface area contributed by atoms with E-state index in [2.05, 4.69) is 6.58 Å². The molecule has 0 heterocycles. The fraction of sp³-hybridized carbons (Fsp3) is 0.300. The van der Waals surface area contributed by atoms with Gasteiger partial charge in [0.15, 0.2) is 5.78 Å². The zero-order valence-corrected chi connectivity index (χ0v) is 6.49. The summed E-state index contributed by atoms with van der Waals surface area (Å²) in [6.45, 7) is 3.64. The molecule has 1 nitrogen and oxygen atoms in total. The molecule has 0 bridgehead atoms. The van der Waals surface area contributed by atoms with Crippen molar-refractivity contribution >= 4 is 5.78 Å². The first-order valence-corrected chi connectivity index (χ1v) is 3.84. The number of ketones is 1. The van der Waals surface area contributed by atoms with Crippen LogP contribution in [0.4, 0.5) is 0 Å². The number of rotatable bonds is 3. The molecule has 0 saturated carbocycles. The molecule has 1 rings (SSSR count). The van der Waals surface area contributed by atoms with E-state index in [0.717, 1.165) is 12.8 Å². The Morgan fingerprint density at radius 3 is 2.64 bits per heavy atom. The summed E-state index contributed by atoms with van der Waals surface area (Å²) in [4.78, 5) is 10.7. The summed E-state index contributed by atoms with van der Waals surface area (Å²) in [5.74, 6) is 0.533. The molecule has 0 aromatic carbocycles. The number of carbonyl (C=O) groups is 1. The molecular weight excluding hydrogens is 136 g/mol. The lowest BCUT2D eigenvalue weighted by atomic mass is 9.98. The first-order valence-electron chi connectivity index (χ1n) is 3.84. The molecule has 1 heteroatoms. The van der Waals surface area contributed by atoms with Crippen molar-refractivity contribution < 1.29 is 4.79 Å². The predicted octanol–water partition coefficient (Wildman–Crippen LogP) is 2.26. The molecule has 0 aromatic rings. The fourth-order valence-corrected chi connectivity index (χ4v) is 1.06. The van der Waals surface area contributed by atoms with Gasteiger partial charge in [-0.15, -0.1) is 6.58 Å². The Hall–Kier alpha value is -1.11. The van der Waals surface area contributed by atoms with Gasteiger partial charge in [-0.25, -0.2) is 0 Å². The third-order valence-corrected chi connectivity index (χ3v) is 1.72. The van der Waals surface area contributed by atoms with Crippen molar-refractivity contribution in [3.05, 3.63) is 37.0 Å². The normalized spacial score (nSPS) is 17.3. The van der Waals surface area contributed by atoms with Crippen LogP contribution in [-0.4, -0.2) is 5.78 Å². The molecule has 0 aliphatic heterocycles. The van der Waals surface area contributed by atoms with Crippen LogP contribution >= 0.6 is 0 Å². The molecule has 0 spiro atoms. The molecule has 0 saturated heterocycles. The van der Waals surface area contributed by atoms with Crippen LogP contribution in [0, 0.1) is 5.92 Å². The van der Waals surface area contributed by atoms with E-state index in [1.165, 1.54) is 0 Å². The van der Waals surface area contributed by atoms with E-state index in [9.17, 15) is 4.79 Å². The predicted molar refractivity (Wildman–Crippen MR) is 46.2 cm³/mol. The van der Waals surface area contributed by atoms with Crippen LogP contribution < -0.4 is 0 Å². The van der Waals surface area contributed by atoms with Gasteiger partial charge in [0.2, 0.25) is 0 Å². The van der Waals surface area contributed by atoms with E-state index in [1.807, 2.05) is 18.2 Å². The number of carbonyl (C=O) groups excluding carboxylic acids is 1. The summed E-state index contributed by atoms with van der Waals surface area (Å²) in [7, 11) is 0. The monoisotopic (exact) mass is 148 g/mol. The largest absolute Gasteiger partial charge is 0.290 e. The summed E-state index contributed by atoms with van der Waals surface area (Å²) in [5, 5.41) is 0. The second-order valence-electron chi connectivity index (χ2n) is 2.65. The SMILES string of the molecule is C=CCCC1C=CC(=O)C=C1. The van der Waals surface area contributed by atoms with Gasteiger partial charge in [0.1, 0.15) is 0 Å². The minimum Gasteiger partial charge on any atom is -0.290 e. The van der Waals surface area contributed by atoms with E-state index in [1.54, 1.807) is 12.2 Å². The molecule has 11 heavy (non-hydrogen) atoms. The summed E-state index contributed by atoms with van der Waals surface area (Å²) in [6, 6.07) is 0. The molecule has 0 amide bonds. The highest BCUT2D eigenvalue weighted by atomic mass is 16.1. The quantitative estimate of drug-likeness (QED) is 0.561. The number of hydrogen-bond acceptors (Lipinski definition) is 1. The van der Waals surface area contributed by atoms with Crippen LogP contribution in [0.25, 0.3) is 0 Å². The van der Waals surface area contributed by atoms with Crippen molar-refractivity contribution in [1.82, 2.24) is 0 Å². The van der Waals surface area contributed by atoms with Gasteiger partial charge in [-0.1, -0.05) is 18.2 Å². The maximum Gasteiger partial charge on any atom is 0.178 e. The lowest BCUT2D eigenvalue weighted by molar-refractivity contribution is -0.110. The molecule has 0 atom stereocenters. The molecule has 0 aromatic heterocycles. The minimum absolute atomic E-state index is 0.0971. The van der Waals surface area contributed by atoms with E-state index in [-0.39, 0.29) is 5.78 Å². The van der Waals surface area contributed by atoms with Crippen molar-refractivity contribution in [2.75, 3.05) is 0 Å². The average molecular weight is 148 g/mol. The fourth-order valence-electron chi connectivity index (χ4n) is 1.06. The van der Waals surface area contributed by atoms with Gasteiger partial charge in [0.05, 0.1) is 0 Å². The zero-order chi connectivity index (χ0) is 8.10. The number of allylic oxidation sites excluding steroid dienone is 5. The Morgan fingerprint density at radius 1 is 1.45 bits per heavy atom. The second-order valence-corrected chi connectivity index (χ2v) is 2.65. The van der Waals surface area contributed by atoms with Crippen molar-refractivity contribution in [1.29, 1.82) is 0 Å². The van der Waals surface area contributed by atoms with Crippen LogP contribution in [-0.2, 0) is 4.79 Å². The van der Waals surface area contributed by atoms with Gasteiger partial charge in [-0.3, -0.25) is 4.79 Å². The van der Waals surface area contributed by atoms with Crippen molar-refractivity contribution in [3.63, 3.8) is 0 Å². The molecule has 1 aliphatic rings. The second kappa shape index (κ2) is 3.91. The Morgan fingerprint density at radius 2 is 2.09 bits per heavy atom. The van der Waals surface area contributed by atoms with Gasteiger partial charge >= 0.3 is 0 Å². The summed E-state index contributed by atoms with van der Waals surface area (Å²) >= 11 is 0. The Labute approximate surface area is 67.1 Å². The number of hydrogen-bond donors (Lipinski definition) is 0. The maximum absolute atomic E-state index is 10.7. The smallest absolute Gasteiger partial charge is 0.178 e. The minimum atomic E-state index is 0.0971. The van der Waals surface area contributed by atoms with Crippen LogP contribution in [0.15, 0.2) is 37.0 Å². The Bertz CT molecular complexity index is 195. The molecule has 0 fully saturated rings. The highest BCUT2D eigenvalue weighted by Gasteiger charge is 2.04. The summed E-state index contributed by atoms with van der Waals surface area (Å²) in [5.41, 5.74) is 0. The van der Waals surface area contributed by atoms with E-state index in [0.29, 0.717) is 5.92 Å². The Balaban J connectivity index is 2.38. The first-order chi connectivity index (χ1) is 5.33. The molecule has 58 valence electrons. The van der Waals surface area contributed by atoms with E-state index >= 15 is 0 Å². The van der Waals surface area contributed by atoms with Crippen molar-refractivity contribution in [2.24, 2.45) is 5.92 Å². The standard InChI is InChI=1S/C10H12O/c1-2-3-4-9-5-7-10(11)8-6-9/h2,5-9H,1,3-4H2. The topological polar surface area (TPSA) is 17.1 Å². The molecule has 1 aliphatic carbocycles. The van der Waals surface area contributed by atoms with Gasteiger partial charge in [0.25, 0.3) is 0 Å². The van der Waals surface area contributed by atoms with Crippen molar-refractivity contribution in [2.45, 2.75) is 12.8 Å². The van der Waals surface area contributed by atoms with E-state index in [4.69, 9.17) is 0 Å². The molecule has 0 N–H and O–H groups in total. The summed E-state index contributed by atoms with van der Waals surface area (Å²) in [6.07, 6.45) is 11.1. The van der Waals surface area contributed by atoms with Gasteiger partial charge < -0.3 is 0 Å². The van der Waals surface area contributed by atoms with Gasteiger partial charge in [-0.05, 0) is 30.9 Å². The lowest BCUT2D eigenvalue weighted by Gasteiger charge is -2.07. The van der Waals surface area contributed by atoms with Crippen LogP contribution in [0.1, 0.15) is 12.8 Å². The first kappa shape index (κ1) is 7.99. The molecule has 0 radical (unpaired) electrons. The van der Waals surface area contributed by atoms with Gasteiger partial charge in [-0.2, -0.15) is 0 Å². The van der Waals surface area contributed by atoms with Crippen molar-refractivity contribution in [3.8, 4) is 0 Å². The molecular formula is C10H12O. The lowest BCUT2D eigenvalue weighted by Crippen LogP contribution is -1.99. The zero-order valence-electron chi connectivity index (χ0n) is 6.49. The summed E-state index contributed by atoms with van der Waals surface area (Å²) < 4.78 is 0. The third kappa shape index (κ3) is 2.54. The third-order valence-electron chi connectivity index (χ3n) is 1.72. The highest BCUT2D eigenvalue weighted by Crippen LogP contribution is 2.13. The molecule has 0 unspecified atom stereocenters. The highest BCUT2D eigenvalue weighted by molar-refractivity contribution is 6.00. The van der Waals surface area contributed by atoms with Crippen LogP contribution in [0.2, 0.25) is 0 Å². The van der Waals surface area contributed by atoms with Crippen LogP contribution in [0.5, 0.6) is 0 Å². The van der Waals surface area contributed by atoms with E-state index < -0.39 is 0 Å². The van der Waals surface area contributed by atoms with Gasteiger partial charge in [0, 0.05) is 0 Å².